The fourth-order valence-corrected chi connectivity index (χ4v) is 2.80. The molecular weight excluding hydrogens is 320 g/mol. The highest BCUT2D eigenvalue weighted by atomic mass is 16.4. The number of aliphatic carboxylic acids is 2. The van der Waals surface area contributed by atoms with Crippen molar-refractivity contribution >= 4 is 11.9 Å². The number of hydrogen-bond donors (Lipinski definition) is 3. The zero-order valence-corrected chi connectivity index (χ0v) is 15.7. The van der Waals surface area contributed by atoms with Gasteiger partial charge in [0.1, 0.15) is 0 Å². The van der Waals surface area contributed by atoms with Crippen molar-refractivity contribution in [1.82, 2.24) is 0 Å². The van der Waals surface area contributed by atoms with Crippen LogP contribution in [0.3, 0.4) is 0 Å². The lowest BCUT2D eigenvalue weighted by Gasteiger charge is -2.10. The second-order valence-corrected chi connectivity index (χ2v) is 6.77. The van der Waals surface area contributed by atoms with Crippen molar-refractivity contribution in [3.05, 3.63) is 12.2 Å². The molecule has 0 radical (unpaired) electrons. The van der Waals surface area contributed by atoms with E-state index in [0.29, 0.717) is 12.8 Å². The highest BCUT2D eigenvalue weighted by Crippen LogP contribution is 2.14. The van der Waals surface area contributed by atoms with Crippen LogP contribution in [0.5, 0.6) is 0 Å². The molecule has 146 valence electrons. The average molecular weight is 357 g/mol. The molecule has 0 amide bonds. The van der Waals surface area contributed by atoms with Crippen LogP contribution in [0.15, 0.2) is 12.2 Å². The number of carbonyl (C=O) groups is 2. The quantitative estimate of drug-likeness (QED) is 0.198. The fourth-order valence-electron chi connectivity index (χ4n) is 2.80. The van der Waals surface area contributed by atoms with Crippen molar-refractivity contribution in [3.8, 4) is 0 Å². The number of allylic oxidation sites excluding steroid dienone is 2. The van der Waals surface area contributed by atoms with E-state index in [0.717, 1.165) is 38.5 Å². The van der Waals surface area contributed by atoms with Crippen molar-refractivity contribution in [3.63, 3.8) is 0 Å². The Morgan fingerprint density at radius 3 is 1.88 bits per heavy atom. The summed E-state index contributed by atoms with van der Waals surface area (Å²) in [5.41, 5.74) is 0. The molecule has 0 bridgehead atoms. The van der Waals surface area contributed by atoms with Crippen molar-refractivity contribution in [2.24, 2.45) is 5.92 Å². The molecule has 5 nitrogen and oxygen atoms in total. The molecule has 0 aliphatic carbocycles. The third-order valence-corrected chi connectivity index (χ3v) is 4.43. The first-order valence-corrected chi connectivity index (χ1v) is 9.77. The topological polar surface area (TPSA) is 94.8 Å². The largest absolute Gasteiger partial charge is 0.481 e. The second kappa shape index (κ2) is 16.1. The molecule has 0 saturated heterocycles. The smallest absolute Gasteiger partial charge is 0.317 e. The normalized spacial score (nSPS) is 12.8. The molecule has 3 N–H and O–H groups in total. The Labute approximate surface area is 152 Å². The Morgan fingerprint density at radius 2 is 1.28 bits per heavy atom. The Bertz CT molecular complexity index is 364. The summed E-state index contributed by atoms with van der Waals surface area (Å²) in [6, 6.07) is 0. The molecule has 25 heavy (non-hydrogen) atoms. The van der Waals surface area contributed by atoms with Gasteiger partial charge in [-0.2, -0.15) is 0 Å². The maximum Gasteiger partial charge on any atom is 0.317 e. The minimum absolute atomic E-state index is 0.157. The third-order valence-electron chi connectivity index (χ3n) is 4.43. The van der Waals surface area contributed by atoms with E-state index in [1.807, 2.05) is 0 Å². The molecule has 0 fully saturated rings. The van der Waals surface area contributed by atoms with Crippen molar-refractivity contribution in [2.75, 3.05) is 0 Å². The van der Waals surface area contributed by atoms with Gasteiger partial charge >= 0.3 is 11.9 Å². The van der Waals surface area contributed by atoms with Crippen LogP contribution >= 0.6 is 0 Å². The van der Waals surface area contributed by atoms with Gasteiger partial charge in [0.25, 0.3) is 0 Å². The summed E-state index contributed by atoms with van der Waals surface area (Å²) in [5, 5.41) is 27.5. The molecular formula is C20H36O5. The summed E-state index contributed by atoms with van der Waals surface area (Å²) in [5.74, 6) is -3.85. The van der Waals surface area contributed by atoms with E-state index < -0.39 is 17.9 Å². The maximum atomic E-state index is 10.7. The highest BCUT2D eigenvalue weighted by Gasteiger charge is 2.24. The molecule has 0 aliphatic rings. The highest BCUT2D eigenvalue weighted by molar-refractivity contribution is 5.92. The molecule has 0 heterocycles. The van der Waals surface area contributed by atoms with E-state index >= 15 is 0 Å². The first kappa shape index (κ1) is 23.6. The van der Waals surface area contributed by atoms with Gasteiger partial charge in [0.15, 0.2) is 5.92 Å². The van der Waals surface area contributed by atoms with Gasteiger partial charge in [-0.25, -0.2) is 0 Å². The molecule has 5 heteroatoms. The van der Waals surface area contributed by atoms with E-state index in [9.17, 15) is 14.7 Å². The average Bonchev–Trinajstić information content (AvgIpc) is 2.55. The molecule has 0 aromatic carbocycles. The van der Waals surface area contributed by atoms with Gasteiger partial charge in [-0.05, 0) is 44.9 Å². The molecule has 0 rings (SSSR count). The lowest BCUT2D eigenvalue weighted by molar-refractivity contribution is -0.154. The Kier molecular flexibility index (Phi) is 15.2. The standard InChI is InChI=1S/C20H36O5/c1-2-3-4-5-6-7-8-9-11-14-17(21)15-12-10-13-16-18(19(22)23)20(24)25/h7-8,17-18,21H,2-6,9-16H2,1H3,(H,22,23)(H,24,25). The van der Waals surface area contributed by atoms with Crippen LogP contribution in [-0.4, -0.2) is 33.4 Å². The fraction of sp³-hybridized carbons (Fsp3) is 0.800. The second-order valence-electron chi connectivity index (χ2n) is 6.77. The summed E-state index contributed by atoms with van der Waals surface area (Å²) in [4.78, 5) is 21.5. The van der Waals surface area contributed by atoms with Crippen LogP contribution in [0.4, 0.5) is 0 Å². The number of unbranched alkanes of at least 4 members (excludes halogenated alkanes) is 7. The van der Waals surface area contributed by atoms with Crippen LogP contribution in [-0.2, 0) is 9.59 Å². The monoisotopic (exact) mass is 356 g/mol. The minimum atomic E-state index is -1.31. The minimum Gasteiger partial charge on any atom is -0.481 e. The molecule has 0 aromatic rings. The summed E-state index contributed by atoms with van der Waals surface area (Å²) in [7, 11) is 0. The summed E-state index contributed by atoms with van der Waals surface area (Å²) in [6.45, 7) is 2.21. The predicted octanol–water partition coefficient (Wildman–Crippen LogP) is 4.78. The summed E-state index contributed by atoms with van der Waals surface area (Å²) in [6.07, 6.45) is 16.2. The Morgan fingerprint density at radius 1 is 0.760 bits per heavy atom. The van der Waals surface area contributed by atoms with Gasteiger partial charge < -0.3 is 15.3 Å². The number of carboxylic acids is 2. The van der Waals surface area contributed by atoms with Crippen LogP contribution in [0.1, 0.15) is 90.4 Å². The van der Waals surface area contributed by atoms with E-state index in [4.69, 9.17) is 10.2 Å². The van der Waals surface area contributed by atoms with E-state index in [1.54, 1.807) is 0 Å². The zero-order chi connectivity index (χ0) is 18.9. The van der Waals surface area contributed by atoms with E-state index in [-0.39, 0.29) is 12.5 Å². The predicted molar refractivity (Wildman–Crippen MR) is 99.6 cm³/mol. The molecule has 0 spiro atoms. The summed E-state index contributed by atoms with van der Waals surface area (Å²) < 4.78 is 0. The van der Waals surface area contributed by atoms with Crippen molar-refractivity contribution < 1.29 is 24.9 Å². The van der Waals surface area contributed by atoms with Gasteiger partial charge in [-0.15, -0.1) is 0 Å². The molecule has 1 unspecified atom stereocenters. The number of rotatable bonds is 17. The third kappa shape index (κ3) is 14.7. The van der Waals surface area contributed by atoms with E-state index in [2.05, 4.69) is 19.1 Å². The lowest BCUT2D eigenvalue weighted by atomic mass is 9.99. The first-order valence-electron chi connectivity index (χ1n) is 9.77. The first-order chi connectivity index (χ1) is 12.0. The zero-order valence-electron chi connectivity index (χ0n) is 15.7. The number of carboxylic acid groups (broad SMARTS) is 2. The lowest BCUT2D eigenvalue weighted by Crippen LogP contribution is -2.23. The van der Waals surface area contributed by atoms with Crippen LogP contribution in [0.2, 0.25) is 0 Å². The molecule has 0 aliphatic heterocycles. The van der Waals surface area contributed by atoms with Crippen LogP contribution in [0, 0.1) is 5.92 Å². The molecule has 0 saturated carbocycles. The summed E-state index contributed by atoms with van der Waals surface area (Å²) >= 11 is 0. The van der Waals surface area contributed by atoms with Gasteiger partial charge in [-0.3, -0.25) is 9.59 Å². The van der Waals surface area contributed by atoms with Crippen molar-refractivity contribution in [2.45, 2.75) is 96.5 Å². The number of aliphatic hydroxyl groups excluding tert-OH is 1. The van der Waals surface area contributed by atoms with Gasteiger partial charge in [0.2, 0.25) is 0 Å². The van der Waals surface area contributed by atoms with Crippen LogP contribution in [0.25, 0.3) is 0 Å². The molecule has 1 atom stereocenters. The number of aliphatic hydroxyl groups is 1. The molecule has 0 aromatic heterocycles. The van der Waals surface area contributed by atoms with Gasteiger partial charge in [-0.1, -0.05) is 57.6 Å². The van der Waals surface area contributed by atoms with E-state index in [1.165, 1.54) is 25.7 Å². The van der Waals surface area contributed by atoms with Gasteiger partial charge in [0, 0.05) is 0 Å². The van der Waals surface area contributed by atoms with Crippen molar-refractivity contribution in [1.29, 1.82) is 0 Å². The number of hydrogen-bond acceptors (Lipinski definition) is 3. The van der Waals surface area contributed by atoms with Gasteiger partial charge in [0.05, 0.1) is 6.10 Å². The Balaban J connectivity index is 3.52. The maximum absolute atomic E-state index is 10.7. The Hall–Kier alpha value is -1.36. The SMILES string of the molecule is CCCCCCC=CCCCC(O)CCCCCC(C(=O)O)C(=O)O. The van der Waals surface area contributed by atoms with Crippen LogP contribution < -0.4 is 0 Å².